The molecule has 2 rings (SSSR count). The van der Waals surface area contributed by atoms with Crippen molar-refractivity contribution in [2.75, 3.05) is 0 Å². The van der Waals surface area contributed by atoms with Gasteiger partial charge in [-0.3, -0.25) is 0 Å². The van der Waals surface area contributed by atoms with Gasteiger partial charge in [0.15, 0.2) is 5.84 Å². The summed E-state index contributed by atoms with van der Waals surface area (Å²) in [5, 5.41) is 11.9. The van der Waals surface area contributed by atoms with E-state index >= 15 is 0 Å². The summed E-state index contributed by atoms with van der Waals surface area (Å²) < 4.78 is 0. The third kappa shape index (κ3) is 3.29. The van der Waals surface area contributed by atoms with Crippen molar-refractivity contribution in [3.8, 4) is 0 Å². The molecule has 0 amide bonds. The molecule has 3 nitrogen and oxygen atoms in total. The van der Waals surface area contributed by atoms with Crippen LogP contribution in [0.4, 0.5) is 0 Å². The van der Waals surface area contributed by atoms with Crippen molar-refractivity contribution >= 4 is 17.6 Å². The standard InChI is InChI=1S/C15H16N2OS/c1-11-6-5-9-13(15(16)17-18)14(11)19-10-12-7-3-2-4-8-12/h2-9,18H,10H2,1H3,(H2,16,17). The Morgan fingerprint density at radius 3 is 2.58 bits per heavy atom. The number of hydrogen-bond acceptors (Lipinski definition) is 3. The van der Waals surface area contributed by atoms with Crippen LogP contribution in [0.15, 0.2) is 58.6 Å². The molecule has 0 atom stereocenters. The highest BCUT2D eigenvalue weighted by atomic mass is 32.2. The fourth-order valence-corrected chi connectivity index (χ4v) is 2.96. The number of rotatable bonds is 4. The van der Waals surface area contributed by atoms with Crippen molar-refractivity contribution in [3.05, 3.63) is 65.2 Å². The van der Waals surface area contributed by atoms with Crippen LogP contribution in [-0.2, 0) is 5.75 Å². The lowest BCUT2D eigenvalue weighted by Crippen LogP contribution is -2.14. The molecule has 2 aromatic rings. The minimum atomic E-state index is 0.152. The first kappa shape index (κ1) is 13.5. The number of aryl methyl sites for hydroxylation is 1. The zero-order chi connectivity index (χ0) is 13.7. The van der Waals surface area contributed by atoms with Gasteiger partial charge in [0.1, 0.15) is 0 Å². The Balaban J connectivity index is 2.24. The van der Waals surface area contributed by atoms with Gasteiger partial charge >= 0.3 is 0 Å². The van der Waals surface area contributed by atoms with Gasteiger partial charge in [0, 0.05) is 16.2 Å². The van der Waals surface area contributed by atoms with E-state index in [9.17, 15) is 0 Å². The summed E-state index contributed by atoms with van der Waals surface area (Å²) in [4.78, 5) is 1.06. The quantitative estimate of drug-likeness (QED) is 0.295. The summed E-state index contributed by atoms with van der Waals surface area (Å²) in [5.74, 6) is 1.01. The first-order valence-electron chi connectivity index (χ1n) is 5.96. The average molecular weight is 272 g/mol. The lowest BCUT2D eigenvalue weighted by Gasteiger charge is -2.11. The monoisotopic (exact) mass is 272 g/mol. The third-order valence-corrected chi connectivity index (χ3v) is 4.13. The molecule has 19 heavy (non-hydrogen) atoms. The molecule has 0 aliphatic heterocycles. The SMILES string of the molecule is Cc1cccc(/C(N)=N/O)c1SCc1ccccc1. The Kier molecular flexibility index (Phi) is 4.47. The predicted molar refractivity (Wildman–Crippen MR) is 79.7 cm³/mol. The van der Waals surface area contributed by atoms with Crippen LogP contribution in [0.2, 0.25) is 0 Å². The Hall–Kier alpha value is -1.94. The van der Waals surface area contributed by atoms with Crippen LogP contribution in [0, 0.1) is 6.92 Å². The summed E-state index contributed by atoms with van der Waals surface area (Å²) in [5.41, 5.74) is 8.88. The Morgan fingerprint density at radius 2 is 1.89 bits per heavy atom. The Labute approximate surface area is 117 Å². The lowest BCUT2D eigenvalue weighted by atomic mass is 10.1. The second-order valence-corrected chi connectivity index (χ2v) is 5.20. The van der Waals surface area contributed by atoms with Crippen LogP contribution in [0.1, 0.15) is 16.7 Å². The van der Waals surface area contributed by atoms with E-state index in [0.717, 1.165) is 21.8 Å². The number of nitrogens with zero attached hydrogens (tertiary/aromatic N) is 1. The van der Waals surface area contributed by atoms with Crippen molar-refractivity contribution < 1.29 is 5.21 Å². The highest BCUT2D eigenvalue weighted by Gasteiger charge is 2.10. The zero-order valence-corrected chi connectivity index (χ0v) is 11.5. The van der Waals surface area contributed by atoms with Gasteiger partial charge in [0.25, 0.3) is 0 Å². The van der Waals surface area contributed by atoms with Crippen LogP contribution in [-0.4, -0.2) is 11.0 Å². The normalized spacial score (nSPS) is 11.5. The van der Waals surface area contributed by atoms with E-state index in [0.29, 0.717) is 0 Å². The van der Waals surface area contributed by atoms with Gasteiger partial charge in [-0.25, -0.2) is 0 Å². The molecular weight excluding hydrogens is 256 g/mol. The molecule has 0 aliphatic carbocycles. The molecular formula is C15H16N2OS. The number of thioether (sulfide) groups is 1. The van der Waals surface area contributed by atoms with E-state index in [4.69, 9.17) is 10.9 Å². The maximum atomic E-state index is 8.84. The number of amidine groups is 1. The summed E-state index contributed by atoms with van der Waals surface area (Å²) in [6, 6.07) is 16.1. The van der Waals surface area contributed by atoms with Crippen molar-refractivity contribution in [1.29, 1.82) is 0 Å². The van der Waals surface area contributed by atoms with Gasteiger partial charge in [0.2, 0.25) is 0 Å². The summed E-state index contributed by atoms with van der Waals surface area (Å²) in [7, 11) is 0. The molecule has 3 N–H and O–H groups in total. The Bertz CT molecular complexity index is 582. The molecule has 0 radical (unpaired) electrons. The molecule has 2 aromatic carbocycles. The molecule has 0 aliphatic rings. The van der Waals surface area contributed by atoms with Gasteiger partial charge < -0.3 is 10.9 Å². The van der Waals surface area contributed by atoms with Gasteiger partial charge in [-0.2, -0.15) is 0 Å². The largest absolute Gasteiger partial charge is 0.409 e. The van der Waals surface area contributed by atoms with E-state index in [1.807, 2.05) is 43.3 Å². The van der Waals surface area contributed by atoms with Gasteiger partial charge in [-0.1, -0.05) is 53.7 Å². The molecule has 0 unspecified atom stereocenters. The number of benzene rings is 2. The van der Waals surface area contributed by atoms with Gasteiger partial charge in [-0.15, -0.1) is 11.8 Å². The minimum Gasteiger partial charge on any atom is -0.409 e. The molecule has 0 saturated carbocycles. The van der Waals surface area contributed by atoms with Crippen molar-refractivity contribution in [3.63, 3.8) is 0 Å². The van der Waals surface area contributed by atoms with Gasteiger partial charge in [0.05, 0.1) is 0 Å². The maximum Gasteiger partial charge on any atom is 0.171 e. The van der Waals surface area contributed by atoms with Crippen molar-refractivity contribution in [2.24, 2.45) is 10.9 Å². The average Bonchev–Trinajstić information content (AvgIpc) is 2.46. The zero-order valence-electron chi connectivity index (χ0n) is 10.7. The fourth-order valence-electron chi connectivity index (χ4n) is 1.83. The van der Waals surface area contributed by atoms with Crippen LogP contribution in [0.5, 0.6) is 0 Å². The summed E-state index contributed by atoms with van der Waals surface area (Å²) in [6.45, 7) is 2.03. The van der Waals surface area contributed by atoms with Crippen molar-refractivity contribution in [2.45, 2.75) is 17.6 Å². The highest BCUT2D eigenvalue weighted by Crippen LogP contribution is 2.29. The molecule has 98 valence electrons. The Morgan fingerprint density at radius 1 is 1.16 bits per heavy atom. The van der Waals surface area contributed by atoms with Crippen molar-refractivity contribution in [1.82, 2.24) is 0 Å². The van der Waals surface area contributed by atoms with Crippen LogP contribution >= 0.6 is 11.8 Å². The molecule has 0 spiro atoms. The molecule has 0 heterocycles. The van der Waals surface area contributed by atoms with E-state index in [1.165, 1.54) is 5.56 Å². The smallest absolute Gasteiger partial charge is 0.171 e. The fraction of sp³-hybridized carbons (Fsp3) is 0.133. The third-order valence-electron chi connectivity index (χ3n) is 2.82. The topological polar surface area (TPSA) is 58.6 Å². The minimum absolute atomic E-state index is 0.152. The predicted octanol–water partition coefficient (Wildman–Crippen LogP) is 3.38. The maximum absolute atomic E-state index is 8.84. The summed E-state index contributed by atoms with van der Waals surface area (Å²) in [6.07, 6.45) is 0. The first-order valence-corrected chi connectivity index (χ1v) is 6.95. The van der Waals surface area contributed by atoms with Crippen LogP contribution < -0.4 is 5.73 Å². The molecule has 0 bridgehead atoms. The number of hydrogen-bond donors (Lipinski definition) is 2. The highest BCUT2D eigenvalue weighted by molar-refractivity contribution is 7.98. The molecule has 0 fully saturated rings. The number of nitrogens with two attached hydrogens (primary N) is 1. The van der Waals surface area contributed by atoms with E-state index in [2.05, 4.69) is 17.3 Å². The van der Waals surface area contributed by atoms with E-state index < -0.39 is 0 Å². The van der Waals surface area contributed by atoms with E-state index in [-0.39, 0.29) is 5.84 Å². The summed E-state index contributed by atoms with van der Waals surface area (Å²) >= 11 is 1.70. The molecule has 4 heteroatoms. The van der Waals surface area contributed by atoms with Gasteiger partial charge in [-0.05, 0) is 18.1 Å². The lowest BCUT2D eigenvalue weighted by molar-refractivity contribution is 0.318. The van der Waals surface area contributed by atoms with Crippen LogP contribution in [0.3, 0.4) is 0 Å². The van der Waals surface area contributed by atoms with E-state index in [1.54, 1.807) is 11.8 Å². The van der Waals surface area contributed by atoms with Crippen LogP contribution in [0.25, 0.3) is 0 Å². The molecule has 0 aromatic heterocycles. The first-order chi connectivity index (χ1) is 9.22. The second kappa shape index (κ2) is 6.29. The molecule has 0 saturated heterocycles. The number of oxime groups is 1. The second-order valence-electron chi connectivity index (χ2n) is 4.21.